The van der Waals surface area contributed by atoms with E-state index < -0.39 is 0 Å². The summed E-state index contributed by atoms with van der Waals surface area (Å²) in [4.78, 5) is 0. The van der Waals surface area contributed by atoms with Crippen LogP contribution in [0.1, 0.15) is 31.7 Å². The van der Waals surface area contributed by atoms with Crippen molar-refractivity contribution in [3.8, 4) is 16.9 Å². The van der Waals surface area contributed by atoms with Crippen LogP contribution in [0.2, 0.25) is 0 Å². The monoisotopic (exact) mass is 320 g/mol. The molecule has 3 aromatic carbocycles. The van der Waals surface area contributed by atoms with Crippen LogP contribution in [0.5, 0.6) is 5.75 Å². The zero-order chi connectivity index (χ0) is 17.1. The van der Waals surface area contributed by atoms with Gasteiger partial charge in [0.2, 0.25) is 0 Å². The van der Waals surface area contributed by atoms with E-state index in [2.05, 4.69) is 25.1 Å². The number of fused-ring (bicyclic) bond motifs is 1. The Labute approximate surface area is 142 Å². The second kappa shape index (κ2) is 6.83. The average Bonchev–Trinajstić information content (AvgIpc) is 2.61. The minimum absolute atomic E-state index is 0.00642. The fourth-order valence-corrected chi connectivity index (χ4v) is 3.21. The lowest BCUT2D eigenvalue weighted by Gasteiger charge is -2.16. The van der Waals surface area contributed by atoms with Crippen molar-refractivity contribution in [2.45, 2.75) is 32.6 Å². The quantitative estimate of drug-likeness (QED) is 0.347. The van der Waals surface area contributed by atoms with Gasteiger partial charge >= 0.3 is 0 Å². The summed E-state index contributed by atoms with van der Waals surface area (Å²) in [6.07, 6.45) is 4.20. The molecule has 0 fully saturated rings. The van der Waals surface area contributed by atoms with Crippen molar-refractivity contribution in [3.63, 3.8) is 0 Å². The van der Waals surface area contributed by atoms with Crippen molar-refractivity contribution in [2.75, 3.05) is 11.5 Å². The van der Waals surface area contributed by atoms with E-state index in [0.29, 0.717) is 11.4 Å². The number of anilines is 2. The predicted octanol–water partition coefficient (Wildman–Crippen LogP) is 5.11. The van der Waals surface area contributed by atoms with Crippen LogP contribution >= 0.6 is 0 Å². The highest BCUT2D eigenvalue weighted by atomic mass is 16.3. The largest absolute Gasteiger partial charge is 0.504 e. The Morgan fingerprint density at radius 1 is 0.875 bits per heavy atom. The van der Waals surface area contributed by atoms with Crippen LogP contribution in [0.3, 0.4) is 0 Å². The molecule has 5 N–H and O–H groups in total. The predicted molar refractivity (Wildman–Crippen MR) is 103 cm³/mol. The zero-order valence-corrected chi connectivity index (χ0v) is 14.0. The smallest absolute Gasteiger partial charge is 0.162 e. The van der Waals surface area contributed by atoms with E-state index >= 15 is 0 Å². The highest BCUT2D eigenvalue weighted by molar-refractivity contribution is 6.01. The van der Waals surface area contributed by atoms with Gasteiger partial charge in [0.25, 0.3) is 0 Å². The van der Waals surface area contributed by atoms with Gasteiger partial charge in [-0.15, -0.1) is 0 Å². The minimum Gasteiger partial charge on any atom is -0.504 e. The number of nitrogen functional groups attached to an aromatic ring is 2. The maximum Gasteiger partial charge on any atom is 0.162 e. The number of benzene rings is 3. The first-order valence-corrected chi connectivity index (χ1v) is 8.51. The molecule has 0 atom stereocenters. The van der Waals surface area contributed by atoms with Crippen LogP contribution in [0.25, 0.3) is 21.9 Å². The summed E-state index contributed by atoms with van der Waals surface area (Å²) in [6, 6.07) is 16.4. The van der Waals surface area contributed by atoms with Gasteiger partial charge in [0.05, 0.1) is 11.4 Å². The molecular weight excluding hydrogens is 296 g/mol. The Morgan fingerprint density at radius 2 is 1.62 bits per heavy atom. The highest BCUT2D eigenvalue weighted by Gasteiger charge is 2.16. The second-order valence-electron chi connectivity index (χ2n) is 6.24. The molecule has 0 saturated heterocycles. The molecule has 24 heavy (non-hydrogen) atoms. The van der Waals surface area contributed by atoms with Gasteiger partial charge in [0.15, 0.2) is 5.75 Å². The van der Waals surface area contributed by atoms with E-state index in [0.717, 1.165) is 53.1 Å². The first-order valence-electron chi connectivity index (χ1n) is 8.51. The Balaban J connectivity index is 2.16. The minimum atomic E-state index is 0.00642. The van der Waals surface area contributed by atoms with Crippen LogP contribution in [0.15, 0.2) is 48.5 Å². The number of unbranched alkanes of at least 4 members (excludes halogenated alkanes) is 2. The fourth-order valence-electron chi connectivity index (χ4n) is 3.21. The molecule has 0 spiro atoms. The van der Waals surface area contributed by atoms with E-state index in [4.69, 9.17) is 11.5 Å². The number of hydrogen-bond donors (Lipinski definition) is 3. The summed E-state index contributed by atoms with van der Waals surface area (Å²) >= 11 is 0. The number of rotatable bonds is 5. The molecule has 0 aromatic heterocycles. The van der Waals surface area contributed by atoms with Crippen LogP contribution in [-0.4, -0.2) is 5.11 Å². The van der Waals surface area contributed by atoms with Crippen molar-refractivity contribution < 1.29 is 5.11 Å². The van der Waals surface area contributed by atoms with Crippen molar-refractivity contribution in [2.24, 2.45) is 0 Å². The van der Waals surface area contributed by atoms with Crippen molar-refractivity contribution in [3.05, 3.63) is 54.1 Å². The number of hydrogen-bond acceptors (Lipinski definition) is 3. The number of phenols is 1. The SMILES string of the molecule is CCCCCc1cc(-c2cccc3ccccc23)c(N)c(O)c1N. The molecule has 3 nitrogen and oxygen atoms in total. The first-order chi connectivity index (χ1) is 11.6. The Kier molecular flexibility index (Phi) is 4.61. The molecule has 0 unspecified atom stereocenters. The highest BCUT2D eigenvalue weighted by Crippen LogP contribution is 2.42. The van der Waals surface area contributed by atoms with Crippen LogP contribution < -0.4 is 11.5 Å². The molecule has 0 amide bonds. The summed E-state index contributed by atoms with van der Waals surface area (Å²) < 4.78 is 0. The Hall–Kier alpha value is -2.68. The molecule has 0 heterocycles. The Morgan fingerprint density at radius 3 is 2.42 bits per heavy atom. The van der Waals surface area contributed by atoms with Gasteiger partial charge < -0.3 is 16.6 Å². The standard InChI is InChI=1S/C21H24N2O/c1-2-3-4-9-15-13-18(20(23)21(24)19(15)22)17-12-7-10-14-8-5-6-11-16(14)17/h5-8,10-13,24H,2-4,9,22-23H2,1H3. The topological polar surface area (TPSA) is 72.3 Å². The van der Waals surface area contributed by atoms with Gasteiger partial charge in [0, 0.05) is 5.56 Å². The molecule has 0 aliphatic heterocycles. The summed E-state index contributed by atoms with van der Waals surface area (Å²) in [5.74, 6) is 0.00642. The van der Waals surface area contributed by atoms with Crippen molar-refractivity contribution in [1.29, 1.82) is 0 Å². The molecule has 0 bridgehead atoms. The van der Waals surface area contributed by atoms with E-state index in [1.165, 1.54) is 0 Å². The van der Waals surface area contributed by atoms with E-state index in [-0.39, 0.29) is 5.75 Å². The molecule has 0 radical (unpaired) electrons. The van der Waals surface area contributed by atoms with Gasteiger partial charge in [-0.05, 0) is 40.8 Å². The maximum absolute atomic E-state index is 10.4. The lowest BCUT2D eigenvalue weighted by molar-refractivity contribution is 0.480. The van der Waals surface area contributed by atoms with Crippen LogP contribution in [0, 0.1) is 0 Å². The summed E-state index contributed by atoms with van der Waals surface area (Å²) in [5, 5.41) is 12.7. The lowest BCUT2D eigenvalue weighted by atomic mass is 9.93. The van der Waals surface area contributed by atoms with E-state index in [1.807, 2.05) is 30.3 Å². The zero-order valence-electron chi connectivity index (χ0n) is 14.0. The number of aromatic hydroxyl groups is 1. The molecule has 124 valence electrons. The van der Waals surface area contributed by atoms with E-state index in [9.17, 15) is 5.11 Å². The number of nitrogens with two attached hydrogens (primary N) is 2. The fraction of sp³-hybridized carbons (Fsp3) is 0.238. The van der Waals surface area contributed by atoms with Gasteiger partial charge in [0.1, 0.15) is 0 Å². The van der Waals surface area contributed by atoms with Crippen molar-refractivity contribution in [1.82, 2.24) is 0 Å². The second-order valence-corrected chi connectivity index (χ2v) is 6.24. The van der Waals surface area contributed by atoms with Crippen molar-refractivity contribution >= 4 is 22.1 Å². The third kappa shape index (κ3) is 2.90. The normalized spacial score (nSPS) is 11.0. The third-order valence-electron chi connectivity index (χ3n) is 4.59. The number of aryl methyl sites for hydroxylation is 1. The van der Waals surface area contributed by atoms with Gasteiger partial charge in [-0.2, -0.15) is 0 Å². The third-order valence-corrected chi connectivity index (χ3v) is 4.59. The van der Waals surface area contributed by atoms with Crippen LogP contribution in [0.4, 0.5) is 11.4 Å². The molecular formula is C21H24N2O. The number of phenolic OH excluding ortho intramolecular Hbond substituents is 1. The maximum atomic E-state index is 10.4. The van der Waals surface area contributed by atoms with E-state index in [1.54, 1.807) is 0 Å². The average molecular weight is 320 g/mol. The molecule has 3 aromatic rings. The molecule has 3 heteroatoms. The Bertz CT molecular complexity index is 866. The summed E-state index contributed by atoms with van der Waals surface area (Å²) in [5.41, 5.74) is 15.9. The molecule has 0 aliphatic carbocycles. The summed E-state index contributed by atoms with van der Waals surface area (Å²) in [7, 11) is 0. The van der Waals surface area contributed by atoms with Gasteiger partial charge in [-0.3, -0.25) is 0 Å². The molecule has 0 aliphatic rings. The van der Waals surface area contributed by atoms with Gasteiger partial charge in [-0.25, -0.2) is 0 Å². The summed E-state index contributed by atoms with van der Waals surface area (Å²) in [6.45, 7) is 2.17. The molecule has 0 saturated carbocycles. The molecule has 3 rings (SSSR count). The van der Waals surface area contributed by atoms with Crippen LogP contribution in [-0.2, 0) is 6.42 Å². The first kappa shape index (κ1) is 16.2. The lowest BCUT2D eigenvalue weighted by Crippen LogP contribution is -2.01. The van der Waals surface area contributed by atoms with Gasteiger partial charge in [-0.1, -0.05) is 62.2 Å².